The Balaban J connectivity index is 2.80. The van der Waals surface area contributed by atoms with Crippen LogP contribution in [0.15, 0.2) is 0 Å². The molecule has 0 amide bonds. The third kappa shape index (κ3) is 8.03. The Morgan fingerprint density at radius 3 is 1.74 bits per heavy atom. The number of aliphatic carboxylic acids is 2. The summed E-state index contributed by atoms with van der Waals surface area (Å²) in [4.78, 5) is 40.4. The van der Waals surface area contributed by atoms with E-state index in [1.54, 1.807) is 9.80 Å². The maximum Gasteiger partial charge on any atom is 0.317 e. The molecule has 9 nitrogen and oxygen atoms in total. The molecule has 0 aromatic heterocycles. The zero-order chi connectivity index (χ0) is 17.2. The van der Waals surface area contributed by atoms with Crippen molar-refractivity contribution in [2.45, 2.75) is 6.92 Å². The van der Waals surface area contributed by atoms with Crippen molar-refractivity contribution in [1.82, 2.24) is 19.6 Å². The molecule has 0 aromatic carbocycles. The van der Waals surface area contributed by atoms with Gasteiger partial charge in [-0.2, -0.15) is 0 Å². The van der Waals surface area contributed by atoms with Crippen LogP contribution in [0.3, 0.4) is 0 Å². The van der Waals surface area contributed by atoms with Gasteiger partial charge in [-0.15, -0.1) is 0 Å². The number of carboxylic acid groups (broad SMARTS) is 2. The number of nitrogens with zero attached hydrogens (tertiary/aromatic N) is 4. The summed E-state index contributed by atoms with van der Waals surface area (Å²) in [5.41, 5.74) is 0. The summed E-state index contributed by atoms with van der Waals surface area (Å²) in [6, 6.07) is 0. The van der Waals surface area contributed by atoms with Crippen LogP contribution in [0, 0.1) is 0 Å². The number of carbonyl (C=O) groups excluding carboxylic acids is 1. The Morgan fingerprint density at radius 2 is 1.30 bits per heavy atom. The molecule has 2 N–H and O–H groups in total. The second-order valence-corrected chi connectivity index (χ2v) is 5.63. The van der Waals surface area contributed by atoms with Crippen molar-refractivity contribution in [2.24, 2.45) is 0 Å². The number of aldehydes is 1. The fraction of sp³-hybridized carbons (Fsp3) is 0.786. The third-order valence-electron chi connectivity index (χ3n) is 3.76. The molecule has 0 unspecified atom stereocenters. The standard InChI is InChI=1S/C14H26N4O5/c1-2-15-3-4-16(7-8-19)12-18(10-14(22)23)6-5-17(11-15)9-13(20)21/h8H,2-7,9-12H2,1H3,(H,20,21)(H,22,23). The largest absolute Gasteiger partial charge is 0.480 e. The summed E-state index contributed by atoms with van der Waals surface area (Å²) >= 11 is 0. The van der Waals surface area contributed by atoms with Gasteiger partial charge in [-0.1, -0.05) is 6.92 Å². The van der Waals surface area contributed by atoms with E-state index in [-0.39, 0.29) is 19.6 Å². The molecule has 0 aliphatic carbocycles. The lowest BCUT2D eigenvalue weighted by Gasteiger charge is -2.36. The van der Waals surface area contributed by atoms with E-state index in [9.17, 15) is 14.4 Å². The highest BCUT2D eigenvalue weighted by atomic mass is 16.4. The van der Waals surface area contributed by atoms with Crippen molar-refractivity contribution in [3.8, 4) is 0 Å². The molecule has 1 rings (SSSR count). The van der Waals surface area contributed by atoms with Gasteiger partial charge in [0.2, 0.25) is 0 Å². The molecule has 0 atom stereocenters. The number of carbonyl (C=O) groups is 3. The minimum Gasteiger partial charge on any atom is -0.480 e. The second kappa shape index (κ2) is 10.3. The fourth-order valence-corrected chi connectivity index (χ4v) is 2.57. The highest BCUT2D eigenvalue weighted by molar-refractivity contribution is 5.69. The van der Waals surface area contributed by atoms with Gasteiger partial charge in [-0.25, -0.2) is 0 Å². The second-order valence-electron chi connectivity index (χ2n) is 5.63. The van der Waals surface area contributed by atoms with E-state index in [1.807, 2.05) is 11.8 Å². The Labute approximate surface area is 136 Å². The van der Waals surface area contributed by atoms with Gasteiger partial charge in [0.1, 0.15) is 6.29 Å². The molecule has 132 valence electrons. The minimum absolute atomic E-state index is 0.0739. The predicted octanol–water partition coefficient (Wildman–Crippen LogP) is -1.49. The van der Waals surface area contributed by atoms with Crippen molar-refractivity contribution in [1.29, 1.82) is 0 Å². The molecule has 23 heavy (non-hydrogen) atoms. The van der Waals surface area contributed by atoms with Gasteiger partial charge in [0.25, 0.3) is 0 Å². The van der Waals surface area contributed by atoms with Crippen LogP contribution in [-0.2, 0) is 14.4 Å². The van der Waals surface area contributed by atoms with E-state index in [1.165, 1.54) is 0 Å². The average molecular weight is 330 g/mol. The van der Waals surface area contributed by atoms with Crippen LogP contribution in [-0.4, -0.2) is 114 Å². The molecular weight excluding hydrogens is 304 g/mol. The summed E-state index contributed by atoms with van der Waals surface area (Å²) in [7, 11) is 0. The number of likely N-dealkylation sites (N-methyl/N-ethyl adjacent to an activating group) is 1. The van der Waals surface area contributed by atoms with E-state index in [2.05, 4.69) is 4.90 Å². The molecular formula is C14H26N4O5. The zero-order valence-corrected chi connectivity index (χ0v) is 13.6. The minimum atomic E-state index is -0.937. The predicted molar refractivity (Wildman–Crippen MR) is 83.0 cm³/mol. The van der Waals surface area contributed by atoms with Crippen LogP contribution in [0.25, 0.3) is 0 Å². The summed E-state index contributed by atoms with van der Waals surface area (Å²) in [5.74, 6) is -1.83. The molecule has 0 bridgehead atoms. The normalized spacial score (nSPS) is 20.2. The highest BCUT2D eigenvalue weighted by Crippen LogP contribution is 2.03. The smallest absolute Gasteiger partial charge is 0.317 e. The van der Waals surface area contributed by atoms with Gasteiger partial charge in [-0.05, 0) is 6.54 Å². The van der Waals surface area contributed by atoms with Crippen molar-refractivity contribution < 1.29 is 24.6 Å². The van der Waals surface area contributed by atoms with Gasteiger partial charge >= 0.3 is 11.9 Å². The fourth-order valence-electron chi connectivity index (χ4n) is 2.57. The summed E-state index contributed by atoms with van der Waals surface area (Å²) in [6.45, 7) is 5.95. The Morgan fingerprint density at radius 1 is 0.870 bits per heavy atom. The Hall–Kier alpha value is -1.55. The lowest BCUT2D eigenvalue weighted by Crippen LogP contribution is -2.51. The molecule has 1 fully saturated rings. The van der Waals surface area contributed by atoms with Crippen molar-refractivity contribution in [2.75, 3.05) is 65.7 Å². The number of hydrogen-bond acceptors (Lipinski definition) is 7. The molecule has 1 aliphatic rings. The van der Waals surface area contributed by atoms with Crippen LogP contribution >= 0.6 is 0 Å². The van der Waals surface area contributed by atoms with Crippen LogP contribution in [0.4, 0.5) is 0 Å². The topological polar surface area (TPSA) is 105 Å². The first kappa shape index (κ1) is 19.5. The summed E-state index contributed by atoms with van der Waals surface area (Å²) in [5, 5.41) is 18.0. The van der Waals surface area contributed by atoms with Gasteiger partial charge < -0.3 is 15.0 Å². The van der Waals surface area contributed by atoms with Gasteiger partial charge in [0, 0.05) is 26.2 Å². The first-order valence-electron chi connectivity index (χ1n) is 7.71. The molecule has 0 saturated carbocycles. The van der Waals surface area contributed by atoms with Gasteiger partial charge in [-0.3, -0.25) is 29.2 Å². The summed E-state index contributed by atoms with van der Waals surface area (Å²) in [6.07, 6.45) is 0.817. The SMILES string of the molecule is CCN1CCN(CC=O)CN(CC(=O)O)CCN(CC(=O)O)C1. The Bertz CT molecular complexity index is 407. The molecule has 0 radical (unpaired) electrons. The van der Waals surface area contributed by atoms with Crippen LogP contribution in [0.2, 0.25) is 0 Å². The Kier molecular flexibility index (Phi) is 8.70. The van der Waals surface area contributed by atoms with Crippen LogP contribution in [0.1, 0.15) is 6.92 Å². The number of hydrogen-bond donors (Lipinski definition) is 2. The zero-order valence-electron chi connectivity index (χ0n) is 13.6. The lowest BCUT2D eigenvalue weighted by molar-refractivity contribution is -0.141. The molecule has 1 heterocycles. The molecule has 0 spiro atoms. The quantitative estimate of drug-likeness (QED) is 0.540. The lowest BCUT2D eigenvalue weighted by atomic mass is 10.3. The van der Waals surface area contributed by atoms with Crippen LogP contribution < -0.4 is 0 Å². The van der Waals surface area contributed by atoms with E-state index in [0.717, 1.165) is 12.8 Å². The molecule has 1 saturated heterocycles. The highest BCUT2D eigenvalue weighted by Gasteiger charge is 2.20. The summed E-state index contributed by atoms with van der Waals surface area (Å²) < 4.78 is 0. The van der Waals surface area contributed by atoms with Gasteiger partial charge in [0.15, 0.2) is 0 Å². The van der Waals surface area contributed by atoms with E-state index >= 15 is 0 Å². The molecule has 9 heteroatoms. The monoisotopic (exact) mass is 330 g/mol. The van der Waals surface area contributed by atoms with Crippen LogP contribution in [0.5, 0.6) is 0 Å². The van der Waals surface area contributed by atoms with E-state index < -0.39 is 11.9 Å². The van der Waals surface area contributed by atoms with E-state index in [0.29, 0.717) is 39.5 Å². The first-order chi connectivity index (χ1) is 10.9. The maximum absolute atomic E-state index is 11.0. The molecule has 1 aliphatic heterocycles. The van der Waals surface area contributed by atoms with E-state index in [4.69, 9.17) is 10.2 Å². The number of rotatable bonds is 7. The van der Waals surface area contributed by atoms with Crippen molar-refractivity contribution in [3.05, 3.63) is 0 Å². The molecule has 0 aromatic rings. The third-order valence-corrected chi connectivity index (χ3v) is 3.76. The van der Waals surface area contributed by atoms with Gasteiger partial charge in [0.05, 0.1) is 33.0 Å². The average Bonchev–Trinajstić information content (AvgIpc) is 2.47. The van der Waals surface area contributed by atoms with Crippen molar-refractivity contribution in [3.63, 3.8) is 0 Å². The number of carboxylic acids is 2. The first-order valence-corrected chi connectivity index (χ1v) is 7.71. The maximum atomic E-state index is 11.0. The van der Waals surface area contributed by atoms with Crippen molar-refractivity contribution >= 4 is 18.2 Å².